The number of hydrogen-bond acceptors (Lipinski definition) is 5. The normalized spacial score (nSPS) is 10.5. The summed E-state index contributed by atoms with van der Waals surface area (Å²) in [4.78, 5) is 15.3. The van der Waals surface area contributed by atoms with Crippen LogP contribution in [0.1, 0.15) is 39.0 Å². The van der Waals surface area contributed by atoms with Gasteiger partial charge in [0.15, 0.2) is 23.0 Å². The van der Waals surface area contributed by atoms with Crippen molar-refractivity contribution in [3.63, 3.8) is 0 Å². The van der Waals surface area contributed by atoms with Crippen LogP contribution in [0.25, 0.3) is 10.8 Å². The summed E-state index contributed by atoms with van der Waals surface area (Å²) in [7, 11) is 0. The molecule has 31 heavy (non-hydrogen) atoms. The quantitative estimate of drug-likeness (QED) is 0.466. The maximum absolute atomic E-state index is 12.3. The van der Waals surface area contributed by atoms with Crippen molar-refractivity contribution in [2.75, 3.05) is 26.4 Å². The molecule has 3 aromatic rings. The van der Waals surface area contributed by atoms with E-state index in [1.807, 2.05) is 58.0 Å². The fraction of sp³-hybridized carbons (Fsp3) is 0.375. The highest BCUT2D eigenvalue weighted by Gasteiger charge is 2.13. The Morgan fingerprint density at radius 2 is 1.26 bits per heavy atom. The van der Waals surface area contributed by atoms with Gasteiger partial charge in [-0.1, -0.05) is 6.07 Å². The minimum absolute atomic E-state index is 0. The highest BCUT2D eigenvalue weighted by molar-refractivity contribution is 5.88. The van der Waals surface area contributed by atoms with E-state index in [0.29, 0.717) is 50.1 Å². The van der Waals surface area contributed by atoms with Crippen molar-refractivity contribution in [1.29, 1.82) is 0 Å². The Morgan fingerprint density at radius 1 is 0.710 bits per heavy atom. The second kappa shape index (κ2) is 11.5. The van der Waals surface area contributed by atoms with Crippen molar-refractivity contribution < 1.29 is 18.9 Å². The lowest BCUT2D eigenvalue weighted by Crippen LogP contribution is -2.09. The van der Waals surface area contributed by atoms with Gasteiger partial charge in [0.1, 0.15) is 0 Å². The number of benzene rings is 2. The van der Waals surface area contributed by atoms with Crippen LogP contribution in [-0.2, 0) is 6.42 Å². The SMILES string of the molecule is CCOc1ccc(Cc2[nH]c(=O)cc3cc(OCC)c(OCC)cc23)cc1OCC.Cl. The van der Waals surface area contributed by atoms with Gasteiger partial charge in [0.2, 0.25) is 5.56 Å². The van der Waals surface area contributed by atoms with E-state index in [-0.39, 0.29) is 18.0 Å². The monoisotopic (exact) mass is 447 g/mol. The minimum Gasteiger partial charge on any atom is -0.490 e. The predicted molar refractivity (Wildman–Crippen MR) is 126 cm³/mol. The average Bonchev–Trinajstić information content (AvgIpc) is 2.71. The predicted octanol–water partition coefficient (Wildman–Crippen LogP) is 5.14. The summed E-state index contributed by atoms with van der Waals surface area (Å²) in [5.41, 5.74) is 1.67. The molecule has 2 aromatic carbocycles. The number of rotatable bonds is 10. The van der Waals surface area contributed by atoms with Crippen LogP contribution < -0.4 is 24.5 Å². The molecule has 0 aliphatic heterocycles. The van der Waals surface area contributed by atoms with E-state index in [1.165, 1.54) is 0 Å². The molecule has 1 aromatic heterocycles. The van der Waals surface area contributed by atoms with Gasteiger partial charge in [-0.05, 0) is 62.9 Å². The highest BCUT2D eigenvalue weighted by atomic mass is 35.5. The molecule has 0 saturated heterocycles. The molecule has 1 N–H and O–H groups in total. The molecule has 0 atom stereocenters. The van der Waals surface area contributed by atoms with Gasteiger partial charge in [-0.15, -0.1) is 12.4 Å². The third kappa shape index (κ3) is 5.85. The van der Waals surface area contributed by atoms with Crippen molar-refractivity contribution in [1.82, 2.24) is 4.98 Å². The average molecular weight is 448 g/mol. The lowest BCUT2D eigenvalue weighted by molar-refractivity contribution is 0.287. The summed E-state index contributed by atoms with van der Waals surface area (Å²) in [6.45, 7) is 9.90. The number of fused-ring (bicyclic) bond motifs is 1. The van der Waals surface area contributed by atoms with E-state index >= 15 is 0 Å². The van der Waals surface area contributed by atoms with Crippen LogP contribution in [-0.4, -0.2) is 31.4 Å². The zero-order chi connectivity index (χ0) is 21.5. The first kappa shape index (κ1) is 24.4. The van der Waals surface area contributed by atoms with Gasteiger partial charge in [-0.2, -0.15) is 0 Å². The highest BCUT2D eigenvalue weighted by Crippen LogP contribution is 2.34. The number of ether oxygens (including phenoxy) is 4. The number of H-pyrrole nitrogens is 1. The molecule has 0 radical (unpaired) electrons. The largest absolute Gasteiger partial charge is 0.490 e. The first-order valence-electron chi connectivity index (χ1n) is 10.4. The molecule has 1 heterocycles. The van der Waals surface area contributed by atoms with Crippen LogP contribution in [0.15, 0.2) is 41.2 Å². The maximum Gasteiger partial charge on any atom is 0.248 e. The molecule has 0 amide bonds. The standard InChI is InChI=1S/C24H29NO5.ClH/c1-5-27-20-10-9-16(12-21(20)28-6-2)11-19-18-15-23(30-8-4)22(29-7-3)13-17(18)14-24(26)25-19;/h9-10,12-15H,5-8,11H2,1-4H3,(H,25,26);1H. The lowest BCUT2D eigenvalue weighted by Gasteiger charge is -2.15. The Hall–Kier alpha value is -2.86. The van der Waals surface area contributed by atoms with Crippen molar-refractivity contribution in [3.05, 3.63) is 58.0 Å². The molecule has 0 aliphatic rings. The molecule has 0 saturated carbocycles. The number of aromatic nitrogens is 1. The second-order valence-corrected chi connectivity index (χ2v) is 6.69. The van der Waals surface area contributed by atoms with Gasteiger partial charge in [0.05, 0.1) is 26.4 Å². The fourth-order valence-corrected chi connectivity index (χ4v) is 3.44. The van der Waals surface area contributed by atoms with Crippen LogP contribution in [0, 0.1) is 0 Å². The van der Waals surface area contributed by atoms with Crippen LogP contribution in [0.5, 0.6) is 23.0 Å². The van der Waals surface area contributed by atoms with Gasteiger partial charge < -0.3 is 23.9 Å². The molecule has 0 bridgehead atoms. The van der Waals surface area contributed by atoms with Crippen LogP contribution in [0.2, 0.25) is 0 Å². The summed E-state index contributed by atoms with van der Waals surface area (Å²) in [6, 6.07) is 11.2. The van der Waals surface area contributed by atoms with Crippen molar-refractivity contribution in [2.24, 2.45) is 0 Å². The van der Waals surface area contributed by atoms with E-state index in [4.69, 9.17) is 18.9 Å². The third-order valence-corrected chi connectivity index (χ3v) is 4.59. The van der Waals surface area contributed by atoms with Gasteiger partial charge in [0, 0.05) is 23.6 Å². The second-order valence-electron chi connectivity index (χ2n) is 6.69. The van der Waals surface area contributed by atoms with Gasteiger partial charge >= 0.3 is 0 Å². The van der Waals surface area contributed by atoms with Gasteiger partial charge in [-0.25, -0.2) is 0 Å². The molecule has 7 heteroatoms. The summed E-state index contributed by atoms with van der Waals surface area (Å²) >= 11 is 0. The van der Waals surface area contributed by atoms with Crippen molar-refractivity contribution in [3.8, 4) is 23.0 Å². The van der Waals surface area contributed by atoms with Gasteiger partial charge in [0.25, 0.3) is 0 Å². The Morgan fingerprint density at radius 3 is 1.87 bits per heavy atom. The Labute approximate surface area is 188 Å². The smallest absolute Gasteiger partial charge is 0.248 e. The molecular weight excluding hydrogens is 418 g/mol. The van der Waals surface area contributed by atoms with Gasteiger partial charge in [-0.3, -0.25) is 4.79 Å². The number of nitrogens with one attached hydrogen (secondary N) is 1. The molecule has 0 unspecified atom stereocenters. The summed E-state index contributed by atoms with van der Waals surface area (Å²) in [5.74, 6) is 2.73. The molecule has 0 fully saturated rings. The number of hydrogen-bond donors (Lipinski definition) is 1. The Kier molecular flexibility index (Phi) is 9.06. The maximum atomic E-state index is 12.3. The number of pyridine rings is 1. The first-order valence-corrected chi connectivity index (χ1v) is 10.4. The topological polar surface area (TPSA) is 69.8 Å². The zero-order valence-electron chi connectivity index (χ0n) is 18.4. The first-order chi connectivity index (χ1) is 14.6. The van der Waals surface area contributed by atoms with E-state index in [2.05, 4.69) is 4.98 Å². The molecule has 168 valence electrons. The number of aromatic amines is 1. The number of halogens is 1. The zero-order valence-corrected chi connectivity index (χ0v) is 19.3. The molecular formula is C24H30ClNO5. The molecule has 3 rings (SSSR count). The lowest BCUT2D eigenvalue weighted by atomic mass is 10.0. The van der Waals surface area contributed by atoms with Crippen LogP contribution in [0.4, 0.5) is 0 Å². The van der Waals surface area contributed by atoms with Crippen molar-refractivity contribution >= 4 is 23.2 Å². The summed E-state index contributed by atoms with van der Waals surface area (Å²) < 4.78 is 22.9. The third-order valence-electron chi connectivity index (χ3n) is 4.59. The van der Waals surface area contributed by atoms with E-state index in [9.17, 15) is 4.79 Å². The van der Waals surface area contributed by atoms with Crippen LogP contribution in [0.3, 0.4) is 0 Å². The molecule has 6 nitrogen and oxygen atoms in total. The Balaban J connectivity index is 0.00000341. The fourth-order valence-electron chi connectivity index (χ4n) is 3.44. The Bertz CT molecular complexity index is 1060. The van der Waals surface area contributed by atoms with Crippen LogP contribution >= 0.6 is 12.4 Å². The van der Waals surface area contributed by atoms with E-state index in [1.54, 1.807) is 6.07 Å². The minimum atomic E-state index is -0.153. The molecule has 0 spiro atoms. The van der Waals surface area contributed by atoms with E-state index in [0.717, 1.165) is 27.8 Å². The summed E-state index contributed by atoms with van der Waals surface area (Å²) in [6.07, 6.45) is 0.540. The molecule has 0 aliphatic carbocycles. The summed E-state index contributed by atoms with van der Waals surface area (Å²) in [5, 5.41) is 1.74. The van der Waals surface area contributed by atoms with E-state index < -0.39 is 0 Å². The van der Waals surface area contributed by atoms with Crippen molar-refractivity contribution in [2.45, 2.75) is 34.1 Å².